The van der Waals surface area contributed by atoms with Crippen LogP contribution >= 0.6 is 0 Å². The third-order valence-corrected chi connectivity index (χ3v) is 5.43. The van der Waals surface area contributed by atoms with Crippen molar-refractivity contribution < 1.29 is 14.1 Å². The summed E-state index contributed by atoms with van der Waals surface area (Å²) < 4.78 is 11.1. The van der Waals surface area contributed by atoms with E-state index in [9.17, 15) is 9.59 Å². The molecule has 8 nitrogen and oxygen atoms in total. The summed E-state index contributed by atoms with van der Waals surface area (Å²) in [6.45, 7) is 5.24. The Bertz CT molecular complexity index is 1060. The first-order valence-corrected chi connectivity index (χ1v) is 10.0. The van der Waals surface area contributed by atoms with Gasteiger partial charge in [0.15, 0.2) is 12.4 Å². The molecule has 0 saturated carbocycles. The van der Waals surface area contributed by atoms with Gasteiger partial charge in [-0.15, -0.1) is 0 Å². The largest absolute Gasteiger partial charge is 0.483 e. The van der Waals surface area contributed by atoms with Crippen molar-refractivity contribution in [1.82, 2.24) is 20.0 Å². The number of benzene rings is 1. The molecule has 0 bridgehead atoms. The van der Waals surface area contributed by atoms with Gasteiger partial charge in [0.2, 0.25) is 5.56 Å². The number of para-hydroxylation sites is 1. The molecule has 1 fully saturated rings. The maximum Gasteiger partial charge on any atom is 0.260 e. The second-order valence-corrected chi connectivity index (χ2v) is 7.56. The number of aryl methyl sites for hydroxylation is 2. The quantitative estimate of drug-likeness (QED) is 0.697. The molecule has 1 aliphatic heterocycles. The molecule has 0 spiro atoms. The molecule has 0 unspecified atom stereocenters. The molecule has 3 aromatic rings. The monoisotopic (exact) mass is 408 g/mol. The number of piperidine rings is 1. The average Bonchev–Trinajstić information content (AvgIpc) is 3.24. The van der Waals surface area contributed by atoms with Crippen LogP contribution in [0.2, 0.25) is 0 Å². The number of carbonyl (C=O) groups excluding carboxylic acids is 1. The van der Waals surface area contributed by atoms with Crippen LogP contribution in [-0.4, -0.2) is 45.6 Å². The van der Waals surface area contributed by atoms with Crippen molar-refractivity contribution in [2.24, 2.45) is 0 Å². The van der Waals surface area contributed by atoms with Crippen LogP contribution in [0.1, 0.15) is 35.7 Å². The first-order chi connectivity index (χ1) is 14.5. The number of carbonyl (C=O) groups is 1. The van der Waals surface area contributed by atoms with Gasteiger partial charge in [-0.05, 0) is 43.9 Å². The highest BCUT2D eigenvalue weighted by Crippen LogP contribution is 2.28. The zero-order chi connectivity index (χ0) is 21.1. The molecule has 2 aromatic heterocycles. The molecular weight excluding hydrogens is 384 g/mol. The Morgan fingerprint density at radius 1 is 1.20 bits per heavy atom. The molecular formula is C22H24N4O4. The van der Waals surface area contributed by atoms with Gasteiger partial charge in [-0.3, -0.25) is 9.59 Å². The molecule has 4 rings (SSSR count). The topological polar surface area (TPSA) is 101 Å². The van der Waals surface area contributed by atoms with Crippen LogP contribution in [0.4, 0.5) is 0 Å². The smallest absolute Gasteiger partial charge is 0.260 e. The van der Waals surface area contributed by atoms with E-state index in [-0.39, 0.29) is 24.0 Å². The summed E-state index contributed by atoms with van der Waals surface area (Å²) in [5.74, 6) is 1.91. The molecule has 0 radical (unpaired) electrons. The van der Waals surface area contributed by atoms with Crippen LogP contribution in [0.25, 0.3) is 11.5 Å². The number of likely N-dealkylation sites (tertiary alicyclic amines) is 1. The Balaban J connectivity index is 1.32. The molecule has 156 valence electrons. The number of hydrogen-bond donors (Lipinski definition) is 1. The van der Waals surface area contributed by atoms with Crippen LogP contribution in [0.5, 0.6) is 5.75 Å². The minimum Gasteiger partial charge on any atom is -0.483 e. The summed E-state index contributed by atoms with van der Waals surface area (Å²) in [5.41, 5.74) is 2.54. The Morgan fingerprint density at radius 3 is 2.60 bits per heavy atom. The van der Waals surface area contributed by atoms with Crippen LogP contribution < -0.4 is 10.3 Å². The van der Waals surface area contributed by atoms with Crippen molar-refractivity contribution in [1.29, 1.82) is 0 Å². The molecule has 1 amide bonds. The Morgan fingerprint density at radius 2 is 1.93 bits per heavy atom. The van der Waals surface area contributed by atoms with E-state index in [1.165, 1.54) is 6.07 Å². The van der Waals surface area contributed by atoms with Crippen molar-refractivity contribution in [3.8, 4) is 17.2 Å². The van der Waals surface area contributed by atoms with Gasteiger partial charge in [0, 0.05) is 31.3 Å². The van der Waals surface area contributed by atoms with E-state index in [4.69, 9.17) is 9.26 Å². The first-order valence-electron chi connectivity index (χ1n) is 10.0. The van der Waals surface area contributed by atoms with Crippen molar-refractivity contribution in [3.05, 3.63) is 63.8 Å². The predicted molar refractivity (Wildman–Crippen MR) is 110 cm³/mol. The normalized spacial score (nSPS) is 14.7. The lowest BCUT2D eigenvalue weighted by atomic mass is 9.96. The number of nitrogens with zero attached hydrogens (tertiary/aromatic N) is 3. The molecule has 1 aliphatic rings. The standard InChI is InChI=1S/C22H24N4O4/c1-14-4-3-5-15(2)20(14)29-13-19(28)26-10-8-16(9-11-26)21-24-22(30-25-21)17-6-7-18(27)23-12-17/h3-7,12,16H,8-11,13H2,1-2H3,(H,23,27). The summed E-state index contributed by atoms with van der Waals surface area (Å²) in [7, 11) is 0. The van der Waals surface area contributed by atoms with Crippen molar-refractivity contribution in [2.75, 3.05) is 19.7 Å². The Labute approximate surface area is 173 Å². The van der Waals surface area contributed by atoms with E-state index < -0.39 is 0 Å². The number of rotatable bonds is 5. The van der Waals surface area contributed by atoms with Gasteiger partial charge >= 0.3 is 0 Å². The Hall–Kier alpha value is -3.42. The van der Waals surface area contributed by atoms with Gasteiger partial charge in [-0.2, -0.15) is 4.98 Å². The summed E-state index contributed by atoms with van der Waals surface area (Å²) >= 11 is 0. The molecule has 3 heterocycles. The number of aromatic amines is 1. The van der Waals surface area contributed by atoms with Crippen LogP contribution in [0.3, 0.4) is 0 Å². The average molecular weight is 408 g/mol. The SMILES string of the molecule is Cc1cccc(C)c1OCC(=O)N1CCC(c2noc(-c3ccc(=O)[nH]c3)n2)CC1. The van der Waals surface area contributed by atoms with Gasteiger partial charge in [-0.25, -0.2) is 0 Å². The van der Waals surface area contributed by atoms with Crippen molar-refractivity contribution >= 4 is 5.91 Å². The number of ether oxygens (including phenoxy) is 1. The van der Waals surface area contributed by atoms with E-state index in [1.807, 2.05) is 36.9 Å². The molecule has 0 atom stereocenters. The van der Waals surface area contributed by atoms with Crippen molar-refractivity contribution in [3.63, 3.8) is 0 Å². The van der Waals surface area contributed by atoms with E-state index in [1.54, 1.807) is 12.3 Å². The summed E-state index contributed by atoms with van der Waals surface area (Å²) in [5, 5.41) is 4.10. The maximum absolute atomic E-state index is 12.6. The number of H-pyrrole nitrogens is 1. The first kappa shape index (κ1) is 19.9. The molecule has 30 heavy (non-hydrogen) atoms. The van der Waals surface area contributed by atoms with Crippen LogP contribution in [0.15, 0.2) is 45.8 Å². The number of nitrogens with one attached hydrogen (secondary N) is 1. The molecule has 8 heteroatoms. The summed E-state index contributed by atoms with van der Waals surface area (Å²) in [4.78, 5) is 32.7. The highest BCUT2D eigenvalue weighted by atomic mass is 16.5. The minimum atomic E-state index is -0.183. The van der Waals surface area contributed by atoms with Gasteiger partial charge < -0.3 is 19.1 Å². The maximum atomic E-state index is 12.6. The van der Waals surface area contributed by atoms with E-state index >= 15 is 0 Å². The minimum absolute atomic E-state index is 0.0156. The number of pyridine rings is 1. The summed E-state index contributed by atoms with van der Waals surface area (Å²) in [6.07, 6.45) is 3.08. The van der Waals surface area contributed by atoms with Gasteiger partial charge in [-0.1, -0.05) is 23.4 Å². The predicted octanol–water partition coefficient (Wildman–Crippen LogP) is 2.83. The zero-order valence-electron chi connectivity index (χ0n) is 17.1. The van der Waals surface area contributed by atoms with Crippen LogP contribution in [0, 0.1) is 13.8 Å². The number of hydrogen-bond acceptors (Lipinski definition) is 6. The lowest BCUT2D eigenvalue weighted by Gasteiger charge is -2.30. The second kappa shape index (κ2) is 8.52. The van der Waals surface area contributed by atoms with Crippen molar-refractivity contribution in [2.45, 2.75) is 32.6 Å². The van der Waals surface area contributed by atoms with Crippen LogP contribution in [-0.2, 0) is 4.79 Å². The number of amides is 1. The highest BCUT2D eigenvalue weighted by Gasteiger charge is 2.27. The molecule has 1 N–H and O–H groups in total. The van der Waals surface area contributed by atoms with E-state index in [0.29, 0.717) is 30.4 Å². The van der Waals surface area contributed by atoms with Gasteiger partial charge in [0.05, 0.1) is 5.56 Å². The molecule has 1 saturated heterocycles. The highest BCUT2D eigenvalue weighted by molar-refractivity contribution is 5.78. The fraction of sp³-hybridized carbons (Fsp3) is 0.364. The van der Waals surface area contributed by atoms with Gasteiger partial charge in [0.1, 0.15) is 5.75 Å². The third-order valence-electron chi connectivity index (χ3n) is 5.43. The third kappa shape index (κ3) is 4.27. The van der Waals surface area contributed by atoms with Gasteiger partial charge in [0.25, 0.3) is 11.8 Å². The number of aromatic nitrogens is 3. The summed E-state index contributed by atoms with van der Waals surface area (Å²) in [6, 6.07) is 9.00. The zero-order valence-corrected chi connectivity index (χ0v) is 17.1. The van der Waals surface area contributed by atoms with E-state index in [2.05, 4.69) is 15.1 Å². The lowest BCUT2D eigenvalue weighted by Crippen LogP contribution is -2.40. The molecule has 0 aliphatic carbocycles. The fourth-order valence-electron chi connectivity index (χ4n) is 3.70. The van der Waals surface area contributed by atoms with E-state index in [0.717, 1.165) is 29.7 Å². The lowest BCUT2D eigenvalue weighted by molar-refractivity contribution is -0.134. The Kier molecular flexibility index (Phi) is 5.65. The second-order valence-electron chi connectivity index (χ2n) is 7.56. The fourth-order valence-corrected chi connectivity index (χ4v) is 3.70. The molecule has 1 aromatic carbocycles.